The molecule has 3 heterocycles. The van der Waals surface area contributed by atoms with E-state index in [9.17, 15) is 19.5 Å². The van der Waals surface area contributed by atoms with Gasteiger partial charge in [0.1, 0.15) is 18.0 Å². The van der Waals surface area contributed by atoms with E-state index in [1.54, 1.807) is 50.2 Å². The molecule has 2 aliphatic heterocycles. The molecule has 0 bridgehead atoms. The van der Waals surface area contributed by atoms with E-state index < -0.39 is 12.2 Å². The number of hydrogen-bond donors (Lipinski definition) is 2. The molecular formula is C40H41N7O4. The van der Waals surface area contributed by atoms with Crippen LogP contribution in [0, 0.1) is 6.92 Å². The number of para-hydroxylation sites is 1. The maximum absolute atomic E-state index is 14.6. The number of urea groups is 1. The van der Waals surface area contributed by atoms with Crippen molar-refractivity contribution in [2.24, 2.45) is 0 Å². The van der Waals surface area contributed by atoms with E-state index in [0.29, 0.717) is 13.1 Å². The summed E-state index contributed by atoms with van der Waals surface area (Å²) >= 11 is 0. The van der Waals surface area contributed by atoms with Crippen LogP contribution in [0.1, 0.15) is 27.8 Å². The summed E-state index contributed by atoms with van der Waals surface area (Å²) in [7, 11) is 0. The minimum atomic E-state index is -0.882. The number of nitrogens with one attached hydrogen (secondary N) is 1. The van der Waals surface area contributed by atoms with Crippen LogP contribution in [0.2, 0.25) is 0 Å². The van der Waals surface area contributed by atoms with Crippen molar-refractivity contribution in [2.75, 3.05) is 19.6 Å². The van der Waals surface area contributed by atoms with Crippen molar-refractivity contribution in [3.8, 4) is 5.75 Å². The number of rotatable bonds is 10. The van der Waals surface area contributed by atoms with Crippen LogP contribution in [-0.4, -0.2) is 84.4 Å². The van der Waals surface area contributed by atoms with Gasteiger partial charge >= 0.3 is 6.03 Å². The fourth-order valence-corrected chi connectivity index (χ4v) is 7.21. The summed E-state index contributed by atoms with van der Waals surface area (Å²) in [5.41, 5.74) is 5.84. The molecule has 0 saturated carbocycles. The molecule has 4 aromatic carbocycles. The highest BCUT2D eigenvalue weighted by atomic mass is 16.3. The van der Waals surface area contributed by atoms with Crippen LogP contribution in [0.4, 0.5) is 4.79 Å². The average Bonchev–Trinajstić information content (AvgIpc) is 3.54. The van der Waals surface area contributed by atoms with E-state index in [1.807, 2.05) is 65.5 Å². The van der Waals surface area contributed by atoms with Crippen molar-refractivity contribution in [3.05, 3.63) is 144 Å². The molecule has 2 atom stereocenters. The molecule has 0 radical (unpaired) electrons. The number of hydrazine groups is 1. The summed E-state index contributed by atoms with van der Waals surface area (Å²) in [6.07, 6.45) is 2.94. The summed E-state index contributed by atoms with van der Waals surface area (Å²) in [6.45, 7) is 7.34. The summed E-state index contributed by atoms with van der Waals surface area (Å²) in [4.78, 5) is 46.0. The van der Waals surface area contributed by atoms with Gasteiger partial charge in [0.15, 0.2) is 0 Å². The third-order valence-corrected chi connectivity index (χ3v) is 9.55. The first kappa shape index (κ1) is 33.6. The first-order valence-corrected chi connectivity index (χ1v) is 17.1. The number of aromatic nitrogens is 2. The molecule has 2 saturated heterocycles. The quantitative estimate of drug-likeness (QED) is 0.204. The Morgan fingerprint density at radius 1 is 0.941 bits per heavy atom. The van der Waals surface area contributed by atoms with Gasteiger partial charge in [0.05, 0.1) is 31.3 Å². The summed E-state index contributed by atoms with van der Waals surface area (Å²) in [5.74, 6) is -0.348. The zero-order chi connectivity index (χ0) is 35.5. The van der Waals surface area contributed by atoms with Gasteiger partial charge in [-0.3, -0.25) is 14.3 Å². The molecule has 11 heteroatoms. The second-order valence-corrected chi connectivity index (χ2v) is 13.2. The summed E-state index contributed by atoms with van der Waals surface area (Å²) < 4.78 is 1.97. The average molecular weight is 684 g/mol. The Kier molecular flexibility index (Phi) is 9.54. The predicted molar refractivity (Wildman–Crippen MR) is 194 cm³/mol. The molecular weight excluding hydrogens is 642 g/mol. The van der Waals surface area contributed by atoms with Crippen LogP contribution in [-0.2, 0) is 35.6 Å². The molecule has 2 fully saturated rings. The number of carbonyl (C=O) groups is 3. The maximum atomic E-state index is 14.6. The Morgan fingerprint density at radius 2 is 1.71 bits per heavy atom. The zero-order valence-corrected chi connectivity index (χ0v) is 28.6. The number of aromatic hydroxyl groups is 1. The van der Waals surface area contributed by atoms with Crippen LogP contribution >= 0.6 is 0 Å². The number of benzene rings is 4. The molecule has 0 unspecified atom stereocenters. The largest absolute Gasteiger partial charge is 0.508 e. The zero-order valence-electron chi connectivity index (χ0n) is 28.6. The Bertz CT molecular complexity index is 2060. The molecule has 4 amide bonds. The van der Waals surface area contributed by atoms with E-state index in [-0.39, 0.29) is 56.2 Å². The number of nitrogens with zero attached hydrogens (tertiary/aromatic N) is 6. The lowest BCUT2D eigenvalue weighted by Crippen LogP contribution is -2.76. The molecule has 260 valence electrons. The Morgan fingerprint density at radius 3 is 2.47 bits per heavy atom. The topological polar surface area (TPSA) is 114 Å². The smallest absolute Gasteiger partial charge is 0.334 e. The first-order valence-electron chi connectivity index (χ1n) is 17.1. The Labute approximate surface area is 297 Å². The van der Waals surface area contributed by atoms with Crippen molar-refractivity contribution < 1.29 is 19.5 Å². The predicted octanol–water partition coefficient (Wildman–Crippen LogP) is 4.84. The summed E-state index contributed by atoms with van der Waals surface area (Å²) in [5, 5.41) is 21.9. The molecule has 11 nitrogen and oxygen atoms in total. The molecule has 2 aliphatic rings. The second kappa shape index (κ2) is 14.5. The fraction of sp³-hybridized carbons (Fsp3) is 0.250. The highest BCUT2D eigenvalue weighted by molar-refractivity contribution is 5.92. The molecule has 0 spiro atoms. The van der Waals surface area contributed by atoms with Gasteiger partial charge in [-0.1, -0.05) is 96.6 Å². The lowest BCUT2D eigenvalue weighted by atomic mass is 9.98. The third kappa shape index (κ3) is 7.06. The van der Waals surface area contributed by atoms with Crippen molar-refractivity contribution >= 4 is 28.7 Å². The van der Waals surface area contributed by atoms with E-state index in [2.05, 4.69) is 37.0 Å². The number of amides is 4. The first-order chi connectivity index (χ1) is 24.8. The third-order valence-electron chi connectivity index (χ3n) is 9.55. The van der Waals surface area contributed by atoms with Gasteiger partial charge in [-0.25, -0.2) is 14.8 Å². The maximum Gasteiger partial charge on any atom is 0.334 e. The van der Waals surface area contributed by atoms with Gasteiger partial charge in [-0.15, -0.1) is 6.58 Å². The highest BCUT2D eigenvalue weighted by Gasteiger charge is 2.51. The van der Waals surface area contributed by atoms with Crippen LogP contribution in [0.25, 0.3) is 10.9 Å². The van der Waals surface area contributed by atoms with Crippen molar-refractivity contribution in [2.45, 2.75) is 45.2 Å². The fourth-order valence-electron chi connectivity index (χ4n) is 7.21. The minimum absolute atomic E-state index is 0.0852. The van der Waals surface area contributed by atoms with E-state index >= 15 is 0 Å². The van der Waals surface area contributed by atoms with Crippen molar-refractivity contribution in [1.29, 1.82) is 0 Å². The van der Waals surface area contributed by atoms with Gasteiger partial charge in [-0.05, 0) is 41.3 Å². The van der Waals surface area contributed by atoms with Crippen LogP contribution < -0.4 is 5.32 Å². The van der Waals surface area contributed by atoms with Crippen LogP contribution in [0.15, 0.2) is 116 Å². The number of hydrogen-bond acceptors (Lipinski definition) is 6. The highest BCUT2D eigenvalue weighted by Crippen LogP contribution is 2.31. The molecule has 1 aromatic heterocycles. The molecule has 51 heavy (non-hydrogen) atoms. The minimum Gasteiger partial charge on any atom is -0.508 e. The monoisotopic (exact) mass is 683 g/mol. The standard InChI is InChI=1S/C40H41N7O4/c1-3-19-44-27-37(49)46-35(21-29-15-17-34(48)18-16-29)39(50)43(26-36(46)47(44)40(51)41-22-30-10-5-4-6-11-30)25-33-14-8-13-32-23-42-45(38(32)33)24-31-12-7-9-28(2)20-31/h3-18,20,23,35-36,48H,1,19,21-22,24-27H2,2H3,(H,41,51)/t35-,36-/m0/s1. The Balaban J connectivity index is 1.25. The molecule has 2 N–H and O–H groups in total. The van der Waals surface area contributed by atoms with Crippen molar-refractivity contribution in [1.82, 2.24) is 34.9 Å². The second-order valence-electron chi connectivity index (χ2n) is 13.2. The number of carbonyl (C=O) groups excluding carboxylic acids is 3. The van der Waals surface area contributed by atoms with E-state index in [4.69, 9.17) is 5.10 Å². The van der Waals surface area contributed by atoms with Gasteiger partial charge < -0.3 is 20.2 Å². The van der Waals surface area contributed by atoms with Crippen LogP contribution in [0.5, 0.6) is 5.75 Å². The number of piperazine rings is 1. The number of fused-ring (bicyclic) bond motifs is 2. The van der Waals surface area contributed by atoms with Gasteiger partial charge in [-0.2, -0.15) is 5.10 Å². The van der Waals surface area contributed by atoms with E-state index in [0.717, 1.165) is 38.7 Å². The van der Waals surface area contributed by atoms with Gasteiger partial charge in [0.2, 0.25) is 11.8 Å². The van der Waals surface area contributed by atoms with Gasteiger partial charge in [0.25, 0.3) is 0 Å². The molecule has 7 rings (SSSR count). The summed E-state index contributed by atoms with van der Waals surface area (Å²) in [6, 6.07) is 29.3. The van der Waals surface area contributed by atoms with E-state index in [1.165, 1.54) is 0 Å². The lowest BCUT2D eigenvalue weighted by molar-refractivity contribution is -0.189. The number of phenols is 1. The molecule has 5 aromatic rings. The Hall–Kier alpha value is -5.94. The SMILES string of the molecule is C=CCN1CC(=O)N2[C@@H](Cc3ccc(O)cc3)C(=O)N(Cc3cccc4cnn(Cc5cccc(C)c5)c34)C[C@@H]2N1C(=O)NCc1ccccc1. The molecule has 0 aliphatic carbocycles. The van der Waals surface area contributed by atoms with Gasteiger partial charge in [0, 0.05) is 31.4 Å². The lowest BCUT2D eigenvalue weighted by Gasteiger charge is -2.55. The number of aryl methyl sites for hydroxylation is 1. The normalized spacial score (nSPS) is 17.9. The number of phenolic OH excluding ortho intramolecular Hbond substituents is 1. The van der Waals surface area contributed by atoms with Crippen molar-refractivity contribution in [3.63, 3.8) is 0 Å². The van der Waals surface area contributed by atoms with Crippen LogP contribution in [0.3, 0.4) is 0 Å².